The number of amides is 1. The van der Waals surface area contributed by atoms with Crippen molar-refractivity contribution in [3.05, 3.63) is 65.2 Å². The predicted molar refractivity (Wildman–Crippen MR) is 96.8 cm³/mol. The summed E-state index contributed by atoms with van der Waals surface area (Å²) in [7, 11) is 1.61. The van der Waals surface area contributed by atoms with E-state index in [1.54, 1.807) is 25.3 Å². The van der Waals surface area contributed by atoms with Crippen molar-refractivity contribution < 1.29 is 14.6 Å². The van der Waals surface area contributed by atoms with Crippen LogP contribution >= 0.6 is 0 Å². The maximum atomic E-state index is 12.9. The van der Waals surface area contributed by atoms with Gasteiger partial charge in [-0.1, -0.05) is 30.3 Å². The Morgan fingerprint density at radius 1 is 1.28 bits per heavy atom. The summed E-state index contributed by atoms with van der Waals surface area (Å²) in [6, 6.07) is 15.0. The van der Waals surface area contributed by atoms with Crippen molar-refractivity contribution in [3.63, 3.8) is 0 Å². The molecule has 1 aliphatic heterocycles. The van der Waals surface area contributed by atoms with E-state index in [9.17, 15) is 9.90 Å². The topological polar surface area (TPSA) is 70.6 Å². The van der Waals surface area contributed by atoms with Crippen molar-refractivity contribution in [3.8, 4) is 5.75 Å². The molecule has 1 aliphatic rings. The molecule has 25 heavy (non-hydrogen) atoms. The van der Waals surface area contributed by atoms with Gasteiger partial charge < -0.3 is 20.5 Å². The minimum Gasteiger partial charge on any atom is -0.496 e. The van der Waals surface area contributed by atoms with Gasteiger partial charge in [-0.05, 0) is 49.2 Å². The molecular formula is C20H24N2O3. The van der Waals surface area contributed by atoms with Crippen LogP contribution in [0.1, 0.15) is 27.9 Å². The van der Waals surface area contributed by atoms with Gasteiger partial charge in [0.15, 0.2) is 0 Å². The zero-order chi connectivity index (χ0) is 17.9. The second-order valence-electron chi connectivity index (χ2n) is 6.45. The van der Waals surface area contributed by atoms with Crippen LogP contribution in [0.5, 0.6) is 5.75 Å². The molecule has 0 spiro atoms. The number of nitrogens with one attached hydrogen (secondary N) is 2. The number of aliphatic hydroxyl groups is 1. The first kappa shape index (κ1) is 17.5. The number of benzene rings is 2. The summed E-state index contributed by atoms with van der Waals surface area (Å²) in [5.74, 6) is 0.548. The number of carbonyl (C=O) groups excluding carboxylic acids is 1. The summed E-state index contributed by atoms with van der Waals surface area (Å²) < 4.78 is 5.26. The number of aryl methyl sites for hydroxylation is 1. The van der Waals surface area contributed by atoms with E-state index in [1.165, 1.54) is 0 Å². The fourth-order valence-corrected chi connectivity index (χ4v) is 3.45. The third-order valence-electron chi connectivity index (χ3n) is 4.89. The molecule has 132 valence electrons. The molecule has 3 rings (SSSR count). The van der Waals surface area contributed by atoms with Gasteiger partial charge in [-0.25, -0.2) is 0 Å². The molecule has 5 nitrogen and oxygen atoms in total. The van der Waals surface area contributed by atoms with E-state index in [0.717, 1.165) is 23.4 Å². The molecule has 2 aromatic carbocycles. The minimum absolute atomic E-state index is 0.199. The van der Waals surface area contributed by atoms with Crippen LogP contribution in [0.4, 0.5) is 0 Å². The highest BCUT2D eigenvalue weighted by molar-refractivity contribution is 5.95. The van der Waals surface area contributed by atoms with Crippen LogP contribution in [-0.2, 0) is 5.54 Å². The summed E-state index contributed by atoms with van der Waals surface area (Å²) in [6.45, 7) is 3.08. The van der Waals surface area contributed by atoms with Crippen LogP contribution in [0.15, 0.2) is 48.5 Å². The van der Waals surface area contributed by atoms with Gasteiger partial charge in [0.25, 0.3) is 5.91 Å². The van der Waals surface area contributed by atoms with Crippen molar-refractivity contribution in [2.24, 2.45) is 0 Å². The van der Waals surface area contributed by atoms with Gasteiger partial charge in [-0.3, -0.25) is 4.79 Å². The number of methoxy groups -OCH3 is 1. The number of rotatable bonds is 4. The Morgan fingerprint density at radius 3 is 2.68 bits per heavy atom. The van der Waals surface area contributed by atoms with E-state index in [4.69, 9.17) is 4.74 Å². The van der Waals surface area contributed by atoms with Crippen LogP contribution < -0.4 is 15.4 Å². The van der Waals surface area contributed by atoms with Crippen LogP contribution in [-0.4, -0.2) is 37.3 Å². The number of aliphatic hydroxyl groups excluding tert-OH is 1. The number of β-amino-alcohol motifs (C(OH)–C–C–N with tert-alkyl or cyclic N) is 1. The van der Waals surface area contributed by atoms with Crippen LogP contribution in [0.2, 0.25) is 0 Å². The summed E-state index contributed by atoms with van der Waals surface area (Å²) in [5, 5.41) is 17.0. The first-order valence-electron chi connectivity index (χ1n) is 8.48. The molecule has 1 heterocycles. The zero-order valence-corrected chi connectivity index (χ0v) is 14.6. The monoisotopic (exact) mass is 340 g/mol. The Balaban J connectivity index is 1.93. The fourth-order valence-electron chi connectivity index (χ4n) is 3.45. The third kappa shape index (κ3) is 3.38. The Labute approximate surface area is 148 Å². The molecule has 2 aromatic rings. The summed E-state index contributed by atoms with van der Waals surface area (Å²) in [4.78, 5) is 12.9. The molecule has 2 atom stereocenters. The Bertz CT molecular complexity index is 748. The molecule has 3 N–H and O–H groups in total. The van der Waals surface area contributed by atoms with Gasteiger partial charge in [0.1, 0.15) is 5.75 Å². The first-order chi connectivity index (χ1) is 12.1. The Hall–Kier alpha value is -2.37. The molecule has 1 saturated heterocycles. The molecule has 0 radical (unpaired) electrons. The van der Waals surface area contributed by atoms with E-state index < -0.39 is 11.6 Å². The Morgan fingerprint density at radius 2 is 2.04 bits per heavy atom. The van der Waals surface area contributed by atoms with Crippen LogP contribution in [0.3, 0.4) is 0 Å². The SMILES string of the molecule is COc1ccc(C(=O)N[C@@]2(c3ccccc3)CCNC[C@H]2O)cc1C. The average Bonchev–Trinajstić information content (AvgIpc) is 2.64. The minimum atomic E-state index is -0.794. The van der Waals surface area contributed by atoms with Gasteiger partial charge in [0.2, 0.25) is 0 Å². The average molecular weight is 340 g/mol. The van der Waals surface area contributed by atoms with E-state index in [1.807, 2.05) is 37.3 Å². The maximum Gasteiger partial charge on any atom is 0.252 e. The lowest BCUT2D eigenvalue weighted by molar-refractivity contribution is 0.0289. The molecule has 1 amide bonds. The number of piperidine rings is 1. The Kier molecular flexibility index (Phi) is 5.06. The van der Waals surface area contributed by atoms with E-state index in [0.29, 0.717) is 18.5 Å². The van der Waals surface area contributed by atoms with Gasteiger partial charge >= 0.3 is 0 Å². The lowest BCUT2D eigenvalue weighted by Crippen LogP contribution is -2.61. The van der Waals surface area contributed by atoms with E-state index in [2.05, 4.69) is 10.6 Å². The number of hydrogen-bond acceptors (Lipinski definition) is 4. The normalized spacial score (nSPS) is 23.1. The smallest absolute Gasteiger partial charge is 0.252 e. The molecule has 1 fully saturated rings. The number of carbonyl (C=O) groups is 1. The van der Waals surface area contributed by atoms with Crippen molar-refractivity contribution in [2.75, 3.05) is 20.2 Å². The second-order valence-corrected chi connectivity index (χ2v) is 6.45. The zero-order valence-electron chi connectivity index (χ0n) is 14.6. The van der Waals surface area contributed by atoms with Gasteiger partial charge in [-0.15, -0.1) is 0 Å². The molecule has 5 heteroatoms. The number of hydrogen-bond donors (Lipinski definition) is 3. The molecular weight excluding hydrogens is 316 g/mol. The van der Waals surface area contributed by atoms with Crippen LogP contribution in [0, 0.1) is 6.92 Å². The lowest BCUT2D eigenvalue weighted by atomic mass is 9.79. The highest BCUT2D eigenvalue weighted by Gasteiger charge is 2.42. The van der Waals surface area contributed by atoms with Gasteiger partial charge in [0, 0.05) is 12.1 Å². The van der Waals surface area contributed by atoms with E-state index in [-0.39, 0.29) is 5.91 Å². The summed E-state index contributed by atoms with van der Waals surface area (Å²) in [6.07, 6.45) is -0.0778. The predicted octanol–water partition coefficient (Wildman–Crippen LogP) is 1.98. The van der Waals surface area contributed by atoms with Crippen LogP contribution in [0.25, 0.3) is 0 Å². The fraction of sp³-hybridized carbons (Fsp3) is 0.350. The van der Waals surface area contributed by atoms with Crippen molar-refractivity contribution >= 4 is 5.91 Å². The third-order valence-corrected chi connectivity index (χ3v) is 4.89. The molecule has 0 bridgehead atoms. The standard InChI is InChI=1S/C20H24N2O3/c1-14-12-15(8-9-17(14)25-2)19(24)22-20(10-11-21-13-18(20)23)16-6-4-3-5-7-16/h3-9,12,18,21,23H,10-11,13H2,1-2H3,(H,22,24)/t18-,20-/m1/s1. The summed E-state index contributed by atoms with van der Waals surface area (Å²) >= 11 is 0. The van der Waals surface area contributed by atoms with Crippen molar-refractivity contribution in [2.45, 2.75) is 25.0 Å². The molecule has 0 aromatic heterocycles. The van der Waals surface area contributed by atoms with Crippen molar-refractivity contribution in [1.29, 1.82) is 0 Å². The summed E-state index contributed by atoms with van der Waals surface area (Å²) in [5.41, 5.74) is 1.58. The van der Waals surface area contributed by atoms with Gasteiger partial charge in [-0.2, -0.15) is 0 Å². The lowest BCUT2D eigenvalue weighted by Gasteiger charge is -2.43. The molecule has 0 saturated carbocycles. The van der Waals surface area contributed by atoms with Crippen molar-refractivity contribution in [1.82, 2.24) is 10.6 Å². The quantitative estimate of drug-likeness (QED) is 0.796. The van der Waals surface area contributed by atoms with Gasteiger partial charge in [0.05, 0.1) is 18.8 Å². The number of ether oxygens (including phenoxy) is 1. The molecule has 0 aliphatic carbocycles. The maximum absolute atomic E-state index is 12.9. The molecule has 0 unspecified atom stereocenters. The largest absolute Gasteiger partial charge is 0.496 e. The highest BCUT2D eigenvalue weighted by atomic mass is 16.5. The van der Waals surface area contributed by atoms with E-state index >= 15 is 0 Å². The highest BCUT2D eigenvalue weighted by Crippen LogP contribution is 2.31. The second kappa shape index (κ2) is 7.25. The first-order valence-corrected chi connectivity index (χ1v) is 8.48.